The van der Waals surface area contributed by atoms with Crippen LogP contribution in [0.5, 0.6) is 0 Å². The van der Waals surface area contributed by atoms with Crippen LogP contribution in [-0.2, 0) is 12.8 Å². The number of benzene rings is 2. The Labute approximate surface area is 141 Å². The van der Waals surface area contributed by atoms with E-state index >= 15 is 0 Å². The van der Waals surface area contributed by atoms with Crippen LogP contribution < -0.4 is 5.32 Å². The minimum atomic E-state index is -0.432. The van der Waals surface area contributed by atoms with E-state index in [0.29, 0.717) is 6.54 Å². The summed E-state index contributed by atoms with van der Waals surface area (Å²) in [7, 11) is 0. The monoisotopic (exact) mass is 325 g/mol. The molecule has 2 aromatic carbocycles. The molecule has 0 fully saturated rings. The maximum absolute atomic E-state index is 10.6. The summed E-state index contributed by atoms with van der Waals surface area (Å²) in [5.41, 5.74) is 2.65. The van der Waals surface area contributed by atoms with Gasteiger partial charge in [0, 0.05) is 16.1 Å². The lowest BCUT2D eigenvalue weighted by molar-refractivity contribution is 0.178. The number of nitrogens with one attached hydrogen (secondary N) is 1. The number of likely N-dealkylation sites (N-methyl/N-ethyl adjacent to an activating group) is 1. The minimum absolute atomic E-state index is 0.432. The average Bonchev–Trinajstić information content (AvgIpc) is 2.97. The summed E-state index contributed by atoms with van der Waals surface area (Å²) >= 11 is 1.73. The highest BCUT2D eigenvalue weighted by Gasteiger charge is 2.18. The number of thiophene rings is 1. The molecule has 3 aromatic rings. The van der Waals surface area contributed by atoms with Gasteiger partial charge in [0.15, 0.2) is 0 Å². The molecule has 120 valence electrons. The Morgan fingerprint density at radius 2 is 1.74 bits per heavy atom. The molecule has 0 unspecified atom stereocenters. The third kappa shape index (κ3) is 3.81. The first kappa shape index (κ1) is 16.2. The molecule has 0 aliphatic carbocycles. The van der Waals surface area contributed by atoms with Crippen molar-refractivity contribution in [3.63, 3.8) is 0 Å². The number of hydrogen-bond acceptors (Lipinski definition) is 3. The predicted octanol–water partition coefficient (Wildman–Crippen LogP) is 4.33. The summed E-state index contributed by atoms with van der Waals surface area (Å²) in [4.78, 5) is 1.11. The number of rotatable bonds is 7. The summed E-state index contributed by atoms with van der Waals surface area (Å²) < 4.78 is 1.26. The van der Waals surface area contributed by atoms with Crippen LogP contribution in [0, 0.1) is 0 Å². The first-order chi connectivity index (χ1) is 11.3. The van der Waals surface area contributed by atoms with E-state index in [-0.39, 0.29) is 0 Å². The fourth-order valence-corrected chi connectivity index (χ4v) is 4.17. The summed E-state index contributed by atoms with van der Waals surface area (Å²) in [5, 5.41) is 15.1. The van der Waals surface area contributed by atoms with Gasteiger partial charge in [-0.05, 0) is 42.0 Å². The van der Waals surface area contributed by atoms with Gasteiger partial charge >= 0.3 is 0 Å². The van der Waals surface area contributed by atoms with Crippen LogP contribution in [-0.4, -0.2) is 18.2 Å². The van der Waals surface area contributed by atoms with Gasteiger partial charge in [0.25, 0.3) is 0 Å². The highest BCUT2D eigenvalue weighted by molar-refractivity contribution is 7.19. The topological polar surface area (TPSA) is 32.3 Å². The third-order valence-corrected chi connectivity index (χ3v) is 5.44. The predicted molar refractivity (Wildman–Crippen MR) is 99.2 cm³/mol. The summed E-state index contributed by atoms with van der Waals surface area (Å²) in [6, 6.07) is 19.0. The Hall–Kier alpha value is -1.68. The van der Waals surface area contributed by atoms with Gasteiger partial charge < -0.3 is 10.4 Å². The lowest BCUT2D eigenvalue weighted by Crippen LogP contribution is -2.21. The average molecular weight is 325 g/mol. The molecule has 3 rings (SSSR count). The number of fused-ring (bicyclic) bond motifs is 1. The number of aryl methyl sites for hydroxylation is 2. The largest absolute Gasteiger partial charge is 0.386 e. The van der Waals surface area contributed by atoms with Gasteiger partial charge in [-0.25, -0.2) is 0 Å². The van der Waals surface area contributed by atoms with E-state index in [1.54, 1.807) is 11.3 Å². The van der Waals surface area contributed by atoms with E-state index in [4.69, 9.17) is 0 Å². The van der Waals surface area contributed by atoms with E-state index in [9.17, 15) is 5.11 Å². The fraction of sp³-hybridized carbons (Fsp3) is 0.300. The van der Waals surface area contributed by atoms with E-state index in [1.807, 2.05) is 0 Å². The SMILES string of the molecule is CCNC[C@@H](O)c1sc2ccccc2c1CCc1ccccc1. The second-order valence-electron chi connectivity index (χ2n) is 5.75. The molecule has 0 saturated heterocycles. The van der Waals surface area contributed by atoms with Gasteiger partial charge in [-0.3, -0.25) is 0 Å². The molecule has 2 N–H and O–H groups in total. The number of aliphatic hydroxyl groups is 1. The van der Waals surface area contributed by atoms with Crippen LogP contribution in [0.1, 0.15) is 29.0 Å². The molecule has 3 heteroatoms. The van der Waals surface area contributed by atoms with Crippen LogP contribution in [0.2, 0.25) is 0 Å². The summed E-state index contributed by atoms with van der Waals surface area (Å²) in [6.45, 7) is 3.55. The molecule has 0 aliphatic heterocycles. The molecule has 2 nitrogen and oxygen atoms in total. The van der Waals surface area contributed by atoms with Crippen LogP contribution in [0.3, 0.4) is 0 Å². The fourth-order valence-electron chi connectivity index (χ4n) is 2.93. The lowest BCUT2D eigenvalue weighted by Gasteiger charge is -2.12. The van der Waals surface area contributed by atoms with Gasteiger partial charge in [0.1, 0.15) is 6.10 Å². The van der Waals surface area contributed by atoms with Crippen molar-refractivity contribution in [2.75, 3.05) is 13.1 Å². The molecule has 1 aromatic heterocycles. The van der Waals surface area contributed by atoms with Crippen molar-refractivity contribution in [2.24, 2.45) is 0 Å². The lowest BCUT2D eigenvalue weighted by atomic mass is 10.00. The number of hydrogen-bond donors (Lipinski definition) is 2. The second kappa shape index (κ2) is 7.73. The molecule has 1 heterocycles. The van der Waals surface area contributed by atoms with E-state index in [2.05, 4.69) is 66.8 Å². The molecule has 0 spiro atoms. The highest BCUT2D eigenvalue weighted by Crippen LogP contribution is 2.36. The quantitative estimate of drug-likeness (QED) is 0.678. The van der Waals surface area contributed by atoms with E-state index in [0.717, 1.165) is 24.3 Å². The molecule has 0 radical (unpaired) electrons. The van der Waals surface area contributed by atoms with Crippen molar-refractivity contribution >= 4 is 21.4 Å². The Balaban J connectivity index is 1.89. The van der Waals surface area contributed by atoms with Crippen molar-refractivity contribution in [1.29, 1.82) is 0 Å². The normalized spacial score (nSPS) is 12.6. The minimum Gasteiger partial charge on any atom is -0.386 e. The Bertz CT molecular complexity index is 751. The zero-order chi connectivity index (χ0) is 16.1. The molecule has 0 bridgehead atoms. The zero-order valence-electron chi connectivity index (χ0n) is 13.5. The standard InChI is InChI=1S/C20H23NOS/c1-2-21-14-18(22)20-17(13-12-15-8-4-3-5-9-15)16-10-6-7-11-19(16)23-20/h3-11,18,21-22H,2,12-14H2,1H3/t18-/m1/s1. The van der Waals surface area contributed by atoms with Gasteiger partial charge in [0.05, 0.1) is 0 Å². The first-order valence-electron chi connectivity index (χ1n) is 8.22. The smallest absolute Gasteiger partial charge is 0.101 e. The van der Waals surface area contributed by atoms with Crippen LogP contribution in [0.25, 0.3) is 10.1 Å². The van der Waals surface area contributed by atoms with E-state index < -0.39 is 6.10 Å². The Kier molecular flexibility index (Phi) is 5.44. The highest BCUT2D eigenvalue weighted by atomic mass is 32.1. The van der Waals surface area contributed by atoms with E-state index in [1.165, 1.54) is 21.2 Å². The molecule has 0 saturated carbocycles. The van der Waals surface area contributed by atoms with Gasteiger partial charge in [-0.2, -0.15) is 0 Å². The third-order valence-electron chi connectivity index (χ3n) is 4.13. The van der Waals surface area contributed by atoms with Crippen molar-refractivity contribution in [3.05, 3.63) is 70.6 Å². The van der Waals surface area contributed by atoms with Crippen LogP contribution >= 0.6 is 11.3 Å². The molecule has 0 aliphatic rings. The number of aliphatic hydroxyl groups excluding tert-OH is 1. The maximum atomic E-state index is 10.6. The van der Waals surface area contributed by atoms with Crippen molar-refractivity contribution in [2.45, 2.75) is 25.9 Å². The molecule has 0 amide bonds. The molecule has 23 heavy (non-hydrogen) atoms. The summed E-state index contributed by atoms with van der Waals surface area (Å²) in [6.07, 6.45) is 1.54. The van der Waals surface area contributed by atoms with Gasteiger partial charge in [0.2, 0.25) is 0 Å². The second-order valence-corrected chi connectivity index (χ2v) is 6.83. The van der Waals surface area contributed by atoms with Crippen LogP contribution in [0.4, 0.5) is 0 Å². The maximum Gasteiger partial charge on any atom is 0.101 e. The van der Waals surface area contributed by atoms with Gasteiger partial charge in [-0.1, -0.05) is 55.5 Å². The summed E-state index contributed by atoms with van der Waals surface area (Å²) in [5.74, 6) is 0. The van der Waals surface area contributed by atoms with Crippen LogP contribution in [0.15, 0.2) is 54.6 Å². The molecular formula is C20H23NOS. The first-order valence-corrected chi connectivity index (χ1v) is 9.04. The zero-order valence-corrected chi connectivity index (χ0v) is 14.3. The van der Waals surface area contributed by atoms with Gasteiger partial charge in [-0.15, -0.1) is 11.3 Å². The van der Waals surface area contributed by atoms with Crippen molar-refractivity contribution in [3.8, 4) is 0 Å². The van der Waals surface area contributed by atoms with Crippen molar-refractivity contribution < 1.29 is 5.11 Å². The molecule has 1 atom stereocenters. The van der Waals surface area contributed by atoms with Crippen molar-refractivity contribution in [1.82, 2.24) is 5.32 Å². The molecular weight excluding hydrogens is 302 g/mol. The Morgan fingerprint density at radius 3 is 2.52 bits per heavy atom. The Morgan fingerprint density at radius 1 is 1.00 bits per heavy atom.